The number of aromatic nitrogens is 6. The highest BCUT2D eigenvalue weighted by atomic mass is 32.1. The van der Waals surface area contributed by atoms with Crippen LogP contribution in [0.4, 0.5) is 0 Å². The Bertz CT molecular complexity index is 1450. The van der Waals surface area contributed by atoms with Gasteiger partial charge in [0.25, 0.3) is 0 Å². The SMILES string of the molecule is c1ccc(-c2ccc3[nH]nc(-c4nc5c(-c6cccs6)nccc5[nH]4)c3c2)nc1. The standard InChI is InChI=1S/C22H14N6S/c1-2-9-23-15(4-1)13-6-7-16-14(12-13)19(28-27-16)22-25-17-8-10-24-21(20(17)26-22)18-5-3-11-29-18/h1-12H,(H,25,26)(H,27,28). The van der Waals surface area contributed by atoms with Crippen LogP contribution in [0.15, 0.2) is 72.4 Å². The van der Waals surface area contributed by atoms with Crippen molar-refractivity contribution in [3.05, 3.63) is 72.4 Å². The molecule has 0 spiro atoms. The maximum atomic E-state index is 4.85. The minimum Gasteiger partial charge on any atom is -0.336 e. The predicted octanol–water partition coefficient (Wildman–Crippen LogP) is 5.29. The molecular weight excluding hydrogens is 380 g/mol. The van der Waals surface area contributed by atoms with Crippen molar-refractivity contribution in [2.45, 2.75) is 0 Å². The van der Waals surface area contributed by atoms with Crippen LogP contribution < -0.4 is 0 Å². The van der Waals surface area contributed by atoms with Gasteiger partial charge in [0.1, 0.15) is 16.9 Å². The molecule has 138 valence electrons. The van der Waals surface area contributed by atoms with E-state index in [-0.39, 0.29) is 0 Å². The van der Waals surface area contributed by atoms with Crippen LogP contribution in [0.5, 0.6) is 0 Å². The Balaban J connectivity index is 1.53. The zero-order valence-electron chi connectivity index (χ0n) is 15.1. The molecule has 1 aromatic carbocycles. The molecule has 0 unspecified atom stereocenters. The van der Waals surface area contributed by atoms with Crippen LogP contribution in [0.1, 0.15) is 0 Å². The Hall–Kier alpha value is -3.84. The molecule has 0 aliphatic carbocycles. The number of imidazole rings is 1. The molecule has 0 bridgehead atoms. The molecule has 7 heteroatoms. The molecule has 6 rings (SSSR count). The second kappa shape index (κ2) is 6.35. The van der Waals surface area contributed by atoms with Crippen molar-refractivity contribution in [1.82, 2.24) is 30.1 Å². The second-order valence-electron chi connectivity index (χ2n) is 6.67. The lowest BCUT2D eigenvalue weighted by molar-refractivity contribution is 1.11. The minimum absolute atomic E-state index is 0.718. The summed E-state index contributed by atoms with van der Waals surface area (Å²) in [5.74, 6) is 0.718. The number of nitrogens with one attached hydrogen (secondary N) is 2. The van der Waals surface area contributed by atoms with Crippen LogP contribution >= 0.6 is 11.3 Å². The number of thiophene rings is 1. The number of benzene rings is 1. The van der Waals surface area contributed by atoms with Crippen molar-refractivity contribution >= 4 is 33.3 Å². The lowest BCUT2D eigenvalue weighted by atomic mass is 10.1. The van der Waals surface area contributed by atoms with Gasteiger partial charge in [-0.15, -0.1) is 11.3 Å². The van der Waals surface area contributed by atoms with E-state index in [9.17, 15) is 0 Å². The van der Waals surface area contributed by atoms with Gasteiger partial charge in [0.05, 0.1) is 21.6 Å². The molecule has 2 N–H and O–H groups in total. The smallest absolute Gasteiger partial charge is 0.159 e. The lowest BCUT2D eigenvalue weighted by Gasteiger charge is -2.01. The molecule has 0 aliphatic heterocycles. The van der Waals surface area contributed by atoms with Crippen LogP contribution in [0.2, 0.25) is 0 Å². The van der Waals surface area contributed by atoms with Gasteiger partial charge in [0.15, 0.2) is 5.82 Å². The van der Waals surface area contributed by atoms with Gasteiger partial charge in [0, 0.05) is 23.3 Å². The van der Waals surface area contributed by atoms with Gasteiger partial charge < -0.3 is 4.98 Å². The predicted molar refractivity (Wildman–Crippen MR) is 116 cm³/mol. The highest BCUT2D eigenvalue weighted by Crippen LogP contribution is 2.33. The molecule has 29 heavy (non-hydrogen) atoms. The van der Waals surface area contributed by atoms with Gasteiger partial charge in [-0.2, -0.15) is 5.10 Å². The highest BCUT2D eigenvalue weighted by molar-refractivity contribution is 7.13. The fraction of sp³-hybridized carbons (Fsp3) is 0. The molecule has 0 atom stereocenters. The second-order valence-corrected chi connectivity index (χ2v) is 7.61. The van der Waals surface area contributed by atoms with E-state index < -0.39 is 0 Å². The number of aromatic amines is 2. The summed E-state index contributed by atoms with van der Waals surface area (Å²) in [6.45, 7) is 0. The third-order valence-electron chi connectivity index (χ3n) is 4.90. The third kappa shape index (κ3) is 2.63. The number of nitrogens with zero attached hydrogens (tertiary/aromatic N) is 4. The minimum atomic E-state index is 0.718. The Labute approximate surface area is 169 Å². The van der Waals surface area contributed by atoms with Gasteiger partial charge in [0.2, 0.25) is 0 Å². The number of rotatable bonds is 3. The van der Waals surface area contributed by atoms with E-state index in [1.807, 2.05) is 47.8 Å². The van der Waals surface area contributed by atoms with Gasteiger partial charge in [-0.3, -0.25) is 15.1 Å². The molecule has 0 aliphatic rings. The molecular formula is C22H14N6S. The van der Waals surface area contributed by atoms with Crippen LogP contribution in [0, 0.1) is 0 Å². The number of fused-ring (bicyclic) bond motifs is 2. The van der Waals surface area contributed by atoms with Crippen molar-refractivity contribution in [3.63, 3.8) is 0 Å². The summed E-state index contributed by atoms with van der Waals surface area (Å²) in [4.78, 5) is 18.4. The van der Waals surface area contributed by atoms with Crippen molar-refractivity contribution in [3.8, 4) is 33.3 Å². The summed E-state index contributed by atoms with van der Waals surface area (Å²) < 4.78 is 0. The average molecular weight is 394 g/mol. The first-order valence-electron chi connectivity index (χ1n) is 9.15. The van der Waals surface area contributed by atoms with Crippen molar-refractivity contribution < 1.29 is 0 Å². The number of H-pyrrole nitrogens is 2. The number of pyridine rings is 2. The summed E-state index contributed by atoms with van der Waals surface area (Å²) in [7, 11) is 0. The summed E-state index contributed by atoms with van der Waals surface area (Å²) in [5, 5.41) is 10.7. The van der Waals surface area contributed by atoms with Crippen molar-refractivity contribution in [2.24, 2.45) is 0 Å². The van der Waals surface area contributed by atoms with Crippen LogP contribution in [-0.4, -0.2) is 30.1 Å². The molecule has 0 fully saturated rings. The third-order valence-corrected chi connectivity index (χ3v) is 5.78. The molecule has 0 radical (unpaired) electrons. The van der Waals surface area contributed by atoms with Gasteiger partial charge in [-0.05, 0) is 41.8 Å². The molecule has 0 saturated heterocycles. The van der Waals surface area contributed by atoms with Crippen LogP contribution in [0.3, 0.4) is 0 Å². The molecule has 5 heterocycles. The van der Waals surface area contributed by atoms with Crippen LogP contribution in [-0.2, 0) is 0 Å². The van der Waals surface area contributed by atoms with Gasteiger partial charge >= 0.3 is 0 Å². The number of hydrogen-bond acceptors (Lipinski definition) is 5. The fourth-order valence-electron chi connectivity index (χ4n) is 3.53. The zero-order chi connectivity index (χ0) is 19.2. The molecule has 6 aromatic rings. The van der Waals surface area contributed by atoms with Crippen LogP contribution in [0.25, 0.3) is 55.3 Å². The molecule has 0 amide bonds. The van der Waals surface area contributed by atoms with E-state index in [1.165, 1.54) is 0 Å². The van der Waals surface area contributed by atoms with Crippen molar-refractivity contribution in [1.29, 1.82) is 0 Å². The molecule has 0 saturated carbocycles. The zero-order valence-corrected chi connectivity index (χ0v) is 15.9. The summed E-state index contributed by atoms with van der Waals surface area (Å²) >= 11 is 1.65. The van der Waals surface area contributed by atoms with Crippen molar-refractivity contribution in [2.75, 3.05) is 0 Å². The largest absolute Gasteiger partial charge is 0.336 e. The van der Waals surface area contributed by atoms with E-state index in [1.54, 1.807) is 23.7 Å². The first kappa shape index (κ1) is 16.1. The quantitative estimate of drug-likeness (QED) is 0.427. The van der Waals surface area contributed by atoms with E-state index >= 15 is 0 Å². The Morgan fingerprint density at radius 3 is 2.69 bits per heavy atom. The molecule has 6 nitrogen and oxygen atoms in total. The maximum Gasteiger partial charge on any atom is 0.159 e. The maximum absolute atomic E-state index is 4.85. The van der Waals surface area contributed by atoms with E-state index in [0.29, 0.717) is 0 Å². The van der Waals surface area contributed by atoms with Gasteiger partial charge in [-0.1, -0.05) is 18.2 Å². The van der Waals surface area contributed by atoms with E-state index in [0.717, 1.165) is 55.3 Å². The Morgan fingerprint density at radius 2 is 1.83 bits per heavy atom. The van der Waals surface area contributed by atoms with E-state index in [4.69, 9.17) is 4.98 Å². The summed E-state index contributed by atoms with van der Waals surface area (Å²) in [6.07, 6.45) is 3.61. The highest BCUT2D eigenvalue weighted by Gasteiger charge is 2.16. The fourth-order valence-corrected chi connectivity index (χ4v) is 4.25. The Morgan fingerprint density at radius 1 is 0.828 bits per heavy atom. The number of hydrogen-bond donors (Lipinski definition) is 2. The normalized spacial score (nSPS) is 11.4. The topological polar surface area (TPSA) is 83.1 Å². The Kier molecular flexibility index (Phi) is 3.54. The van der Waals surface area contributed by atoms with E-state index in [2.05, 4.69) is 37.3 Å². The first-order chi connectivity index (χ1) is 14.4. The first-order valence-corrected chi connectivity index (χ1v) is 10.0. The lowest BCUT2D eigenvalue weighted by Crippen LogP contribution is -1.84. The average Bonchev–Trinajstić information content (AvgIpc) is 3.52. The van der Waals surface area contributed by atoms with Gasteiger partial charge in [-0.25, -0.2) is 4.98 Å². The summed E-state index contributed by atoms with van der Waals surface area (Å²) in [6, 6.07) is 18.1. The monoisotopic (exact) mass is 394 g/mol. The summed E-state index contributed by atoms with van der Waals surface area (Å²) in [5.41, 5.74) is 6.38. The molecule has 5 aromatic heterocycles.